The largest absolute Gasteiger partial charge is 0.390 e. The van der Waals surface area contributed by atoms with Crippen LogP contribution in [0.2, 0.25) is 0 Å². The van der Waals surface area contributed by atoms with Gasteiger partial charge in [0.05, 0.1) is 0 Å². The summed E-state index contributed by atoms with van der Waals surface area (Å²) in [6.45, 7) is 6.60. The second-order valence-corrected chi connectivity index (χ2v) is 3.10. The standard InChI is InChI=1S/C10H22N2/c1-4-6-9-12(3)10-8-11-7-5-2/h8,10-11H,4-7,9H2,1-3H3/b10-8-. The highest BCUT2D eigenvalue weighted by atomic mass is 15.1. The van der Waals surface area contributed by atoms with Crippen molar-refractivity contribution in [2.45, 2.75) is 33.1 Å². The molecule has 2 heteroatoms. The summed E-state index contributed by atoms with van der Waals surface area (Å²) in [5.74, 6) is 0. The Balaban J connectivity index is 3.27. The molecule has 0 saturated carbocycles. The van der Waals surface area contributed by atoms with Crippen LogP contribution < -0.4 is 5.32 Å². The molecule has 1 N–H and O–H groups in total. The van der Waals surface area contributed by atoms with Crippen molar-refractivity contribution in [2.24, 2.45) is 0 Å². The minimum Gasteiger partial charge on any atom is -0.390 e. The van der Waals surface area contributed by atoms with Crippen LogP contribution in [0, 0.1) is 0 Å². The van der Waals surface area contributed by atoms with Gasteiger partial charge in [-0.25, -0.2) is 0 Å². The highest BCUT2D eigenvalue weighted by Gasteiger charge is 1.87. The van der Waals surface area contributed by atoms with Crippen LogP contribution in [0.5, 0.6) is 0 Å². The third-order valence-corrected chi connectivity index (χ3v) is 1.71. The average Bonchev–Trinajstić information content (AvgIpc) is 2.09. The molecule has 0 aliphatic rings. The number of nitrogens with zero attached hydrogens (tertiary/aromatic N) is 1. The zero-order valence-corrected chi connectivity index (χ0v) is 8.64. The molecule has 0 heterocycles. The molecule has 2 nitrogen and oxygen atoms in total. The molecule has 0 aliphatic heterocycles. The highest BCUT2D eigenvalue weighted by Crippen LogP contribution is 1.91. The molecule has 0 aromatic rings. The molecule has 0 aromatic heterocycles. The lowest BCUT2D eigenvalue weighted by atomic mass is 10.3. The van der Waals surface area contributed by atoms with Crippen molar-refractivity contribution in [1.82, 2.24) is 10.2 Å². The Hall–Kier alpha value is -0.660. The van der Waals surface area contributed by atoms with E-state index in [1.807, 2.05) is 6.20 Å². The lowest BCUT2D eigenvalue weighted by Crippen LogP contribution is -2.14. The van der Waals surface area contributed by atoms with E-state index in [4.69, 9.17) is 0 Å². The maximum absolute atomic E-state index is 3.22. The fourth-order valence-corrected chi connectivity index (χ4v) is 0.890. The fraction of sp³-hybridized carbons (Fsp3) is 0.800. The van der Waals surface area contributed by atoms with Crippen molar-refractivity contribution in [3.8, 4) is 0 Å². The first-order valence-corrected chi connectivity index (χ1v) is 4.91. The Morgan fingerprint density at radius 3 is 2.58 bits per heavy atom. The van der Waals surface area contributed by atoms with Crippen molar-refractivity contribution in [3.63, 3.8) is 0 Å². The first-order valence-electron chi connectivity index (χ1n) is 4.91. The van der Waals surface area contributed by atoms with Crippen LogP contribution in [-0.4, -0.2) is 25.0 Å². The molecule has 0 amide bonds. The first kappa shape index (κ1) is 11.3. The molecule has 12 heavy (non-hydrogen) atoms. The first-order chi connectivity index (χ1) is 5.81. The lowest BCUT2D eigenvalue weighted by molar-refractivity contribution is 0.439. The SMILES string of the molecule is CCCCN(C)/C=C\NCCC. The second kappa shape index (κ2) is 8.44. The Bertz CT molecular complexity index is 110. The van der Waals surface area contributed by atoms with Gasteiger partial charge in [0, 0.05) is 32.5 Å². The molecule has 72 valence electrons. The van der Waals surface area contributed by atoms with Gasteiger partial charge < -0.3 is 10.2 Å². The highest BCUT2D eigenvalue weighted by molar-refractivity contribution is 4.77. The predicted octanol–water partition coefficient (Wildman–Crippen LogP) is 2.19. The molecule has 0 aromatic carbocycles. The van der Waals surface area contributed by atoms with Crippen molar-refractivity contribution in [2.75, 3.05) is 20.1 Å². The number of rotatable bonds is 7. The van der Waals surface area contributed by atoms with Gasteiger partial charge in [-0.2, -0.15) is 0 Å². The van der Waals surface area contributed by atoms with Gasteiger partial charge in [0.15, 0.2) is 0 Å². The molecule has 0 fully saturated rings. The molecule has 0 saturated heterocycles. The lowest BCUT2D eigenvalue weighted by Gasteiger charge is -2.12. The zero-order valence-electron chi connectivity index (χ0n) is 8.64. The Labute approximate surface area is 76.6 Å². The van der Waals surface area contributed by atoms with Crippen molar-refractivity contribution >= 4 is 0 Å². The van der Waals surface area contributed by atoms with E-state index in [2.05, 4.69) is 37.3 Å². The number of unbranched alkanes of at least 4 members (excludes halogenated alkanes) is 1. The van der Waals surface area contributed by atoms with Gasteiger partial charge in [-0.3, -0.25) is 0 Å². The minimum absolute atomic E-state index is 1.07. The maximum atomic E-state index is 3.22. The molecule has 0 spiro atoms. The van der Waals surface area contributed by atoms with Crippen LogP contribution in [0.4, 0.5) is 0 Å². The molecular weight excluding hydrogens is 148 g/mol. The van der Waals surface area contributed by atoms with E-state index in [0.29, 0.717) is 0 Å². The fourth-order valence-electron chi connectivity index (χ4n) is 0.890. The quantitative estimate of drug-likeness (QED) is 0.589. The summed E-state index contributed by atoms with van der Waals surface area (Å²) in [6, 6.07) is 0. The number of hydrogen-bond acceptors (Lipinski definition) is 2. The van der Waals surface area contributed by atoms with E-state index in [9.17, 15) is 0 Å². The third kappa shape index (κ3) is 7.45. The third-order valence-electron chi connectivity index (χ3n) is 1.71. The Kier molecular flexibility index (Phi) is 7.97. The van der Waals surface area contributed by atoms with Gasteiger partial charge in [0.2, 0.25) is 0 Å². The van der Waals surface area contributed by atoms with Crippen molar-refractivity contribution in [1.29, 1.82) is 0 Å². The van der Waals surface area contributed by atoms with Gasteiger partial charge in [-0.1, -0.05) is 20.3 Å². The van der Waals surface area contributed by atoms with E-state index < -0.39 is 0 Å². The Morgan fingerprint density at radius 2 is 2.00 bits per heavy atom. The molecular formula is C10H22N2. The normalized spacial score (nSPS) is 10.6. The van der Waals surface area contributed by atoms with Crippen LogP contribution in [0.1, 0.15) is 33.1 Å². The summed E-state index contributed by atoms with van der Waals surface area (Å²) < 4.78 is 0. The van der Waals surface area contributed by atoms with Gasteiger partial charge in [-0.15, -0.1) is 0 Å². The van der Waals surface area contributed by atoms with Crippen molar-refractivity contribution in [3.05, 3.63) is 12.4 Å². The molecule has 0 bridgehead atoms. The summed E-state index contributed by atoms with van der Waals surface area (Å²) in [7, 11) is 2.11. The van der Waals surface area contributed by atoms with E-state index in [1.165, 1.54) is 19.3 Å². The summed E-state index contributed by atoms with van der Waals surface area (Å²) in [6.07, 6.45) is 7.85. The Morgan fingerprint density at radius 1 is 1.25 bits per heavy atom. The van der Waals surface area contributed by atoms with Gasteiger partial charge >= 0.3 is 0 Å². The summed E-state index contributed by atoms with van der Waals surface area (Å²) in [5.41, 5.74) is 0. The molecule has 0 rings (SSSR count). The van der Waals surface area contributed by atoms with Crippen LogP contribution in [0.15, 0.2) is 12.4 Å². The van der Waals surface area contributed by atoms with Crippen LogP contribution in [-0.2, 0) is 0 Å². The van der Waals surface area contributed by atoms with Crippen LogP contribution in [0.25, 0.3) is 0 Å². The molecule has 0 atom stereocenters. The number of hydrogen-bond donors (Lipinski definition) is 1. The van der Waals surface area contributed by atoms with Gasteiger partial charge in [0.1, 0.15) is 0 Å². The summed E-state index contributed by atoms with van der Waals surface area (Å²) in [5, 5.41) is 3.22. The van der Waals surface area contributed by atoms with Gasteiger partial charge in [-0.05, 0) is 12.8 Å². The predicted molar refractivity (Wildman–Crippen MR) is 55.0 cm³/mol. The monoisotopic (exact) mass is 170 g/mol. The second-order valence-electron chi connectivity index (χ2n) is 3.10. The maximum Gasteiger partial charge on any atom is 0.0169 e. The van der Waals surface area contributed by atoms with E-state index in [1.54, 1.807) is 0 Å². The molecule has 0 aliphatic carbocycles. The van der Waals surface area contributed by atoms with Gasteiger partial charge in [0.25, 0.3) is 0 Å². The zero-order chi connectivity index (χ0) is 9.23. The minimum atomic E-state index is 1.07. The van der Waals surface area contributed by atoms with E-state index in [0.717, 1.165) is 13.1 Å². The average molecular weight is 170 g/mol. The number of nitrogens with one attached hydrogen (secondary N) is 1. The van der Waals surface area contributed by atoms with Crippen molar-refractivity contribution < 1.29 is 0 Å². The molecule has 0 radical (unpaired) electrons. The van der Waals surface area contributed by atoms with E-state index >= 15 is 0 Å². The summed E-state index contributed by atoms with van der Waals surface area (Å²) in [4.78, 5) is 2.21. The van der Waals surface area contributed by atoms with Crippen LogP contribution in [0.3, 0.4) is 0 Å². The molecule has 0 unspecified atom stereocenters. The van der Waals surface area contributed by atoms with Crippen LogP contribution >= 0.6 is 0 Å². The summed E-state index contributed by atoms with van der Waals surface area (Å²) >= 11 is 0. The topological polar surface area (TPSA) is 15.3 Å². The van der Waals surface area contributed by atoms with E-state index in [-0.39, 0.29) is 0 Å². The smallest absolute Gasteiger partial charge is 0.0169 e.